The van der Waals surface area contributed by atoms with Gasteiger partial charge < -0.3 is 21.7 Å². The predicted molar refractivity (Wildman–Crippen MR) is 231 cm³/mol. The van der Waals surface area contributed by atoms with Gasteiger partial charge in [-0.05, 0) is 51.7 Å². The molecule has 0 aromatic carbocycles. The molecule has 18 nitrogen and oxygen atoms in total. The molecule has 6 aromatic heterocycles. The summed E-state index contributed by atoms with van der Waals surface area (Å²) in [5, 5.41) is 25.8. The van der Waals surface area contributed by atoms with Crippen molar-refractivity contribution in [1.82, 2.24) is 49.9 Å². The highest BCUT2D eigenvalue weighted by Gasteiger charge is 2.31. The Labute approximate surface area is 357 Å². The molecular formula is C42H47ClN14O4. The molecule has 2 fully saturated rings. The van der Waals surface area contributed by atoms with E-state index >= 15 is 0 Å². The van der Waals surface area contributed by atoms with E-state index in [2.05, 4.69) is 56.3 Å². The lowest BCUT2D eigenvalue weighted by molar-refractivity contribution is -0.118. The molecule has 0 bridgehead atoms. The molecule has 19 heteroatoms. The summed E-state index contributed by atoms with van der Waals surface area (Å²) in [5.74, 6) is 1.95. The van der Waals surface area contributed by atoms with Crippen molar-refractivity contribution in [2.24, 2.45) is 25.9 Å². The van der Waals surface area contributed by atoms with E-state index in [4.69, 9.17) is 17.3 Å². The second-order valence-corrected chi connectivity index (χ2v) is 14.9. The van der Waals surface area contributed by atoms with Gasteiger partial charge in [0.2, 0.25) is 11.8 Å². The highest BCUT2D eigenvalue weighted by atomic mass is 35.5. The summed E-state index contributed by atoms with van der Waals surface area (Å²) in [5.41, 5.74) is 12.3. The Balaban J connectivity index is 0.000000169. The van der Waals surface area contributed by atoms with Crippen LogP contribution in [0.25, 0.3) is 22.5 Å². The first-order chi connectivity index (χ1) is 29.3. The van der Waals surface area contributed by atoms with E-state index < -0.39 is 0 Å². The van der Waals surface area contributed by atoms with Gasteiger partial charge >= 0.3 is 0 Å². The Morgan fingerprint density at radius 3 is 1.69 bits per heavy atom. The van der Waals surface area contributed by atoms with E-state index in [1.807, 2.05) is 26.0 Å². The third-order valence-electron chi connectivity index (χ3n) is 9.85. The lowest BCUT2D eigenvalue weighted by atomic mass is 10.1. The number of carbonyl (C=O) groups is 4. The van der Waals surface area contributed by atoms with Gasteiger partial charge in [-0.15, -0.1) is 0 Å². The Hall–Kier alpha value is -6.95. The van der Waals surface area contributed by atoms with Crippen LogP contribution in [0, 0.1) is 25.7 Å². The summed E-state index contributed by atoms with van der Waals surface area (Å²) in [6.07, 6.45) is 14.1. The molecule has 0 aliphatic heterocycles. The average Bonchev–Trinajstić information content (AvgIpc) is 4.19. The van der Waals surface area contributed by atoms with Gasteiger partial charge in [0, 0.05) is 97.9 Å². The summed E-state index contributed by atoms with van der Waals surface area (Å²) in [4.78, 5) is 67.3. The average molecular weight is 847 g/mol. The number of nitrogen functional groups attached to an aromatic ring is 1. The van der Waals surface area contributed by atoms with Crippen molar-refractivity contribution in [3.8, 4) is 22.5 Å². The molecule has 8 rings (SSSR count). The molecule has 0 spiro atoms. The molecule has 0 saturated heterocycles. The van der Waals surface area contributed by atoms with Crippen LogP contribution in [-0.2, 0) is 23.7 Å². The molecule has 6 heterocycles. The number of hydrogen-bond donors (Lipinski definition) is 4. The highest BCUT2D eigenvalue weighted by molar-refractivity contribution is 6.34. The molecule has 0 radical (unpaired) electrons. The number of nitrogens with zero attached hydrogens (tertiary/aromatic N) is 10. The number of anilines is 5. The third kappa shape index (κ3) is 11.2. The lowest BCUT2D eigenvalue weighted by Crippen LogP contribution is -2.15. The number of nitrogens with two attached hydrogens (primary N) is 1. The van der Waals surface area contributed by atoms with Crippen molar-refractivity contribution in [2.45, 2.75) is 66.2 Å². The fourth-order valence-electron chi connectivity index (χ4n) is 5.92. The van der Waals surface area contributed by atoms with Crippen LogP contribution in [0.1, 0.15) is 84.2 Å². The fourth-order valence-corrected chi connectivity index (χ4v) is 6.17. The molecule has 5 N–H and O–H groups in total. The number of rotatable bonds is 12. The highest BCUT2D eigenvalue weighted by Crippen LogP contribution is 2.33. The topological polar surface area (TPSA) is 243 Å². The van der Waals surface area contributed by atoms with Crippen molar-refractivity contribution >= 4 is 63.9 Å². The molecule has 61 heavy (non-hydrogen) atoms. The number of nitrogens with one attached hydrogen (secondary N) is 3. The zero-order valence-corrected chi connectivity index (χ0v) is 35.5. The Bertz CT molecular complexity index is 2580. The van der Waals surface area contributed by atoms with Crippen LogP contribution in [-0.4, -0.2) is 73.3 Å². The smallest absolute Gasteiger partial charge is 0.228 e. The number of amides is 2. The summed E-state index contributed by atoms with van der Waals surface area (Å²) < 4.78 is 0. The summed E-state index contributed by atoms with van der Waals surface area (Å²) >= 11 is 5.97. The zero-order valence-electron chi connectivity index (χ0n) is 34.7. The standard InChI is InChI=1S/C21H23N7O2.C12H13ClN2O2.C9H11N5/c1-4-18(29)15-10-23-19(26-21(30)13-5-6-13)9-16(15)25-20-12(2)14(7-8-22-20)17-11-24-28(3)27-17;1-2-10(16)8-6-14-11(5-9(8)13)15-12(17)7-3-4-7;1-6-7(3-4-11-9(6)10)8-5-12-14(2)13-8/h7-11,13H,4-6H2,1-3H3,(H2,22,23,25,26,30);5-7H,2-4H2,1H3,(H,14,15,17);3-5H,1-2H3,(H2,10,11). The molecule has 2 aliphatic carbocycles. The number of aryl methyl sites for hydroxylation is 2. The minimum absolute atomic E-state index is 0.0249. The lowest BCUT2D eigenvalue weighted by Gasteiger charge is -2.15. The number of Topliss-reactive ketones (excluding diaryl/α,β-unsaturated/α-hetero) is 2. The first kappa shape index (κ1) is 43.6. The van der Waals surface area contributed by atoms with Crippen molar-refractivity contribution < 1.29 is 19.2 Å². The van der Waals surface area contributed by atoms with Crippen molar-refractivity contribution in [3.05, 3.63) is 88.7 Å². The summed E-state index contributed by atoms with van der Waals surface area (Å²) in [7, 11) is 3.54. The van der Waals surface area contributed by atoms with E-state index in [9.17, 15) is 19.2 Å². The largest absolute Gasteiger partial charge is 0.383 e. The van der Waals surface area contributed by atoms with Gasteiger partial charge in [-0.1, -0.05) is 25.4 Å². The zero-order chi connectivity index (χ0) is 43.8. The quantitative estimate of drug-likeness (QED) is 0.0936. The van der Waals surface area contributed by atoms with E-state index in [1.165, 1.54) is 28.1 Å². The molecule has 2 saturated carbocycles. The van der Waals surface area contributed by atoms with Crippen LogP contribution in [0.15, 0.2) is 61.4 Å². The first-order valence-electron chi connectivity index (χ1n) is 19.8. The van der Waals surface area contributed by atoms with Gasteiger partial charge in [0.05, 0.1) is 34.2 Å². The van der Waals surface area contributed by atoms with Gasteiger partial charge in [0.25, 0.3) is 0 Å². The number of carbonyl (C=O) groups excluding carboxylic acids is 4. The van der Waals surface area contributed by atoms with Crippen LogP contribution in [0.3, 0.4) is 0 Å². The maximum absolute atomic E-state index is 12.4. The molecule has 2 amide bonds. The SMILES string of the molecule is CCC(=O)c1cnc(NC(=O)C2CC2)cc1Cl.CCC(=O)c1cnc(NC(=O)C2CC2)cc1Nc1nccc(-c2cnn(C)n2)c1C.Cc1c(-c2cnn(C)n2)ccnc1N. The van der Waals surface area contributed by atoms with E-state index in [0.29, 0.717) is 58.0 Å². The summed E-state index contributed by atoms with van der Waals surface area (Å²) in [6, 6.07) is 6.95. The van der Waals surface area contributed by atoms with E-state index in [0.717, 1.165) is 59.3 Å². The Morgan fingerprint density at radius 2 is 1.20 bits per heavy atom. The predicted octanol–water partition coefficient (Wildman–Crippen LogP) is 6.71. The van der Waals surface area contributed by atoms with Gasteiger partial charge in [-0.3, -0.25) is 19.2 Å². The molecule has 0 atom stereocenters. The van der Waals surface area contributed by atoms with Crippen molar-refractivity contribution in [2.75, 3.05) is 21.7 Å². The first-order valence-corrected chi connectivity index (χ1v) is 20.1. The fraction of sp³-hybridized carbons (Fsp3) is 0.333. The number of pyridine rings is 4. The van der Waals surface area contributed by atoms with E-state index in [-0.39, 0.29) is 35.2 Å². The number of aromatic nitrogens is 10. The van der Waals surface area contributed by atoms with Gasteiger partial charge in [-0.2, -0.15) is 30.0 Å². The molecule has 2 aliphatic rings. The maximum atomic E-state index is 12.4. The van der Waals surface area contributed by atoms with Crippen LogP contribution >= 0.6 is 11.6 Å². The van der Waals surface area contributed by atoms with Gasteiger partial charge in [-0.25, -0.2) is 19.9 Å². The maximum Gasteiger partial charge on any atom is 0.228 e. The van der Waals surface area contributed by atoms with Crippen LogP contribution in [0.5, 0.6) is 0 Å². The molecule has 316 valence electrons. The molecular weight excluding hydrogens is 800 g/mol. The minimum atomic E-state index is -0.0532. The monoisotopic (exact) mass is 846 g/mol. The van der Waals surface area contributed by atoms with E-state index in [1.54, 1.807) is 58.8 Å². The van der Waals surface area contributed by atoms with Crippen LogP contribution in [0.2, 0.25) is 5.02 Å². The van der Waals surface area contributed by atoms with Gasteiger partial charge in [0.15, 0.2) is 11.6 Å². The molecule has 6 aromatic rings. The normalized spacial score (nSPS) is 12.9. The second kappa shape index (κ2) is 19.4. The number of ketones is 2. The minimum Gasteiger partial charge on any atom is -0.383 e. The van der Waals surface area contributed by atoms with Crippen molar-refractivity contribution in [3.63, 3.8) is 0 Å². The van der Waals surface area contributed by atoms with Crippen LogP contribution in [0.4, 0.5) is 29.0 Å². The third-order valence-corrected chi connectivity index (χ3v) is 10.2. The van der Waals surface area contributed by atoms with Crippen LogP contribution < -0.4 is 21.7 Å². The summed E-state index contributed by atoms with van der Waals surface area (Å²) in [6.45, 7) is 7.42. The number of hydrogen-bond acceptors (Lipinski definition) is 14. The molecule has 0 unspecified atom stereocenters. The Morgan fingerprint density at radius 1 is 0.705 bits per heavy atom. The van der Waals surface area contributed by atoms with Crippen molar-refractivity contribution in [1.29, 1.82) is 0 Å². The second-order valence-electron chi connectivity index (χ2n) is 14.5. The Kier molecular flexibility index (Phi) is 13.9. The number of halogens is 1. The van der Waals surface area contributed by atoms with Gasteiger partial charge in [0.1, 0.15) is 34.7 Å².